The van der Waals surface area contributed by atoms with Gasteiger partial charge in [0.25, 0.3) is 0 Å². The van der Waals surface area contributed by atoms with Crippen molar-refractivity contribution in [3.63, 3.8) is 0 Å². The van der Waals surface area contributed by atoms with Crippen molar-refractivity contribution in [1.82, 2.24) is 4.98 Å². The molecule has 3 heteroatoms. The van der Waals surface area contributed by atoms with Gasteiger partial charge in [-0.05, 0) is 24.1 Å². The summed E-state index contributed by atoms with van der Waals surface area (Å²) in [7, 11) is 1.36. The summed E-state index contributed by atoms with van der Waals surface area (Å²) in [5, 5.41) is 0. The third-order valence-electron chi connectivity index (χ3n) is 1.76. The molecule has 0 fully saturated rings. The highest BCUT2D eigenvalue weighted by Gasteiger charge is 1.94. The lowest BCUT2D eigenvalue weighted by atomic mass is 10.2. The smallest absolute Gasteiger partial charge is 0.330 e. The molecule has 0 aromatic carbocycles. The van der Waals surface area contributed by atoms with E-state index < -0.39 is 0 Å². The molecular formula is C10H13NO2. The van der Waals surface area contributed by atoms with E-state index in [0.29, 0.717) is 0 Å². The molecule has 1 aromatic rings. The number of H-pyrrole nitrogens is 1. The first-order chi connectivity index (χ1) is 6.26. The van der Waals surface area contributed by atoms with E-state index in [4.69, 9.17) is 0 Å². The summed E-state index contributed by atoms with van der Waals surface area (Å²) in [6, 6.07) is 2.00. The molecule has 0 spiro atoms. The van der Waals surface area contributed by atoms with Crippen LogP contribution in [0.4, 0.5) is 0 Å². The third-order valence-corrected chi connectivity index (χ3v) is 1.76. The van der Waals surface area contributed by atoms with Crippen LogP contribution in [0.15, 0.2) is 18.3 Å². The molecule has 1 aromatic heterocycles. The van der Waals surface area contributed by atoms with Gasteiger partial charge in [0.05, 0.1) is 7.11 Å². The zero-order chi connectivity index (χ0) is 9.68. The molecule has 0 saturated carbocycles. The van der Waals surface area contributed by atoms with Crippen molar-refractivity contribution in [3.8, 4) is 0 Å². The molecule has 0 radical (unpaired) electrons. The summed E-state index contributed by atoms with van der Waals surface area (Å²) in [4.78, 5) is 13.8. The molecule has 0 saturated heterocycles. The molecule has 0 atom stereocenters. The minimum atomic E-state index is -0.334. The predicted molar refractivity (Wildman–Crippen MR) is 51.2 cm³/mol. The van der Waals surface area contributed by atoms with E-state index in [1.54, 1.807) is 6.08 Å². The number of aromatic nitrogens is 1. The molecule has 3 nitrogen and oxygen atoms in total. The second kappa shape index (κ2) is 4.50. The van der Waals surface area contributed by atoms with Crippen LogP contribution in [0.2, 0.25) is 0 Å². The van der Waals surface area contributed by atoms with E-state index in [1.165, 1.54) is 13.2 Å². The number of methoxy groups -OCH3 is 1. The Morgan fingerprint density at radius 1 is 1.69 bits per heavy atom. The van der Waals surface area contributed by atoms with Crippen molar-refractivity contribution in [2.24, 2.45) is 0 Å². The van der Waals surface area contributed by atoms with Crippen LogP contribution in [-0.2, 0) is 16.0 Å². The molecular weight excluding hydrogens is 166 g/mol. The van der Waals surface area contributed by atoms with Crippen molar-refractivity contribution < 1.29 is 9.53 Å². The summed E-state index contributed by atoms with van der Waals surface area (Å²) in [5.74, 6) is -0.334. The highest BCUT2D eigenvalue weighted by molar-refractivity contribution is 5.86. The van der Waals surface area contributed by atoms with Crippen LogP contribution >= 0.6 is 0 Å². The van der Waals surface area contributed by atoms with Gasteiger partial charge in [0.15, 0.2) is 0 Å². The molecule has 0 bridgehead atoms. The van der Waals surface area contributed by atoms with Gasteiger partial charge in [0.1, 0.15) is 0 Å². The molecule has 0 aliphatic carbocycles. The van der Waals surface area contributed by atoms with Crippen molar-refractivity contribution in [2.45, 2.75) is 13.3 Å². The van der Waals surface area contributed by atoms with E-state index in [1.807, 2.05) is 12.3 Å². The lowest BCUT2D eigenvalue weighted by molar-refractivity contribution is -0.134. The normalized spacial score (nSPS) is 10.6. The quantitative estimate of drug-likeness (QED) is 0.567. The van der Waals surface area contributed by atoms with Gasteiger partial charge >= 0.3 is 5.97 Å². The number of esters is 1. The Balaban J connectivity index is 2.63. The Morgan fingerprint density at radius 3 is 3.00 bits per heavy atom. The van der Waals surface area contributed by atoms with Gasteiger partial charge in [0, 0.05) is 18.0 Å². The standard InChI is InChI=1S/C10H13NO2/c1-3-9-6-8(7-11-9)4-5-10(12)13-2/h4-7,11H,3H2,1-2H3. The van der Waals surface area contributed by atoms with E-state index >= 15 is 0 Å². The zero-order valence-corrected chi connectivity index (χ0v) is 7.83. The van der Waals surface area contributed by atoms with Gasteiger partial charge in [-0.3, -0.25) is 0 Å². The summed E-state index contributed by atoms with van der Waals surface area (Å²) in [6.07, 6.45) is 5.95. The first-order valence-corrected chi connectivity index (χ1v) is 4.19. The van der Waals surface area contributed by atoms with Crippen LogP contribution in [0.25, 0.3) is 6.08 Å². The Labute approximate surface area is 77.4 Å². The first kappa shape index (κ1) is 9.58. The van der Waals surface area contributed by atoms with Gasteiger partial charge < -0.3 is 9.72 Å². The molecule has 1 N–H and O–H groups in total. The predicted octanol–water partition coefficient (Wildman–Crippen LogP) is 1.76. The van der Waals surface area contributed by atoms with Crippen molar-refractivity contribution in [2.75, 3.05) is 7.11 Å². The maximum atomic E-state index is 10.7. The summed E-state index contributed by atoms with van der Waals surface area (Å²) in [6.45, 7) is 2.07. The minimum Gasteiger partial charge on any atom is -0.466 e. The second-order valence-electron chi connectivity index (χ2n) is 2.67. The van der Waals surface area contributed by atoms with Gasteiger partial charge in [0.2, 0.25) is 0 Å². The highest BCUT2D eigenvalue weighted by atomic mass is 16.5. The number of aryl methyl sites for hydroxylation is 1. The molecule has 1 rings (SSSR count). The second-order valence-corrected chi connectivity index (χ2v) is 2.67. The third kappa shape index (κ3) is 2.78. The number of carbonyl (C=O) groups is 1. The number of nitrogens with one attached hydrogen (secondary N) is 1. The number of ether oxygens (including phenoxy) is 1. The molecule has 0 amide bonds. The molecule has 13 heavy (non-hydrogen) atoms. The van der Waals surface area contributed by atoms with Gasteiger partial charge in [-0.15, -0.1) is 0 Å². The average molecular weight is 179 g/mol. The fourth-order valence-electron chi connectivity index (χ4n) is 0.993. The van der Waals surface area contributed by atoms with Crippen molar-refractivity contribution in [1.29, 1.82) is 0 Å². The van der Waals surface area contributed by atoms with E-state index in [2.05, 4.69) is 16.6 Å². The number of aromatic amines is 1. The summed E-state index contributed by atoms with van der Waals surface area (Å²) < 4.78 is 4.47. The Bertz CT molecular complexity index is 312. The monoisotopic (exact) mass is 179 g/mol. The number of carbonyl (C=O) groups excluding carboxylic acids is 1. The van der Waals surface area contributed by atoms with Gasteiger partial charge in [-0.25, -0.2) is 4.79 Å². The van der Waals surface area contributed by atoms with Crippen LogP contribution in [0.5, 0.6) is 0 Å². The maximum Gasteiger partial charge on any atom is 0.330 e. The number of hydrogen-bond acceptors (Lipinski definition) is 2. The largest absolute Gasteiger partial charge is 0.466 e. The Morgan fingerprint density at radius 2 is 2.46 bits per heavy atom. The Hall–Kier alpha value is -1.51. The van der Waals surface area contributed by atoms with Gasteiger partial charge in [-0.2, -0.15) is 0 Å². The average Bonchev–Trinajstić information content (AvgIpc) is 2.61. The number of rotatable bonds is 3. The number of hydrogen-bond donors (Lipinski definition) is 1. The first-order valence-electron chi connectivity index (χ1n) is 4.19. The van der Waals surface area contributed by atoms with Crippen LogP contribution in [0.1, 0.15) is 18.2 Å². The van der Waals surface area contributed by atoms with Crippen molar-refractivity contribution in [3.05, 3.63) is 29.6 Å². The van der Waals surface area contributed by atoms with Gasteiger partial charge in [-0.1, -0.05) is 6.92 Å². The molecule has 0 aliphatic rings. The van der Waals surface area contributed by atoms with Crippen LogP contribution in [0.3, 0.4) is 0 Å². The lowest BCUT2D eigenvalue weighted by Gasteiger charge is -1.87. The van der Waals surface area contributed by atoms with E-state index in [-0.39, 0.29) is 5.97 Å². The highest BCUT2D eigenvalue weighted by Crippen LogP contribution is 2.05. The topological polar surface area (TPSA) is 42.1 Å². The van der Waals surface area contributed by atoms with Crippen molar-refractivity contribution >= 4 is 12.0 Å². The van der Waals surface area contributed by atoms with E-state index in [0.717, 1.165) is 17.7 Å². The molecule has 0 unspecified atom stereocenters. The van der Waals surface area contributed by atoms with Crippen LogP contribution in [0, 0.1) is 0 Å². The Kier molecular flexibility index (Phi) is 3.31. The fraction of sp³-hybridized carbons (Fsp3) is 0.300. The van der Waals surface area contributed by atoms with E-state index in [9.17, 15) is 4.79 Å². The fourth-order valence-corrected chi connectivity index (χ4v) is 0.993. The van der Waals surface area contributed by atoms with Crippen LogP contribution in [-0.4, -0.2) is 18.1 Å². The minimum absolute atomic E-state index is 0.334. The molecule has 1 heterocycles. The van der Waals surface area contributed by atoms with Crippen LogP contribution < -0.4 is 0 Å². The maximum absolute atomic E-state index is 10.7. The molecule has 0 aliphatic heterocycles. The lowest BCUT2D eigenvalue weighted by Crippen LogP contribution is -1.92. The zero-order valence-electron chi connectivity index (χ0n) is 7.83. The molecule has 70 valence electrons. The summed E-state index contributed by atoms with van der Waals surface area (Å²) in [5.41, 5.74) is 2.15. The SMILES string of the molecule is CCc1cc(C=CC(=O)OC)c[nH]1. The summed E-state index contributed by atoms with van der Waals surface area (Å²) >= 11 is 0.